The summed E-state index contributed by atoms with van der Waals surface area (Å²) in [7, 11) is 0. The maximum absolute atomic E-state index is 6.14. The third-order valence-electron chi connectivity index (χ3n) is 7.12. The highest BCUT2D eigenvalue weighted by molar-refractivity contribution is 5.74. The number of para-hydroxylation sites is 2. The van der Waals surface area contributed by atoms with Crippen molar-refractivity contribution >= 4 is 11.0 Å². The van der Waals surface area contributed by atoms with Crippen LogP contribution in [-0.2, 0) is 18.4 Å². The molecule has 0 aliphatic heterocycles. The number of aryl methyl sites for hydroxylation is 1. The molecule has 0 saturated heterocycles. The van der Waals surface area contributed by atoms with Crippen molar-refractivity contribution in [3.05, 3.63) is 95.6 Å². The number of hydrogen-bond acceptors (Lipinski definition) is 4. The average molecular weight is 440 g/mol. The molecule has 5 nitrogen and oxygen atoms in total. The molecule has 1 aliphatic carbocycles. The van der Waals surface area contributed by atoms with Gasteiger partial charge in [-0.1, -0.05) is 55.5 Å². The summed E-state index contributed by atoms with van der Waals surface area (Å²) in [5, 5.41) is 0. The Morgan fingerprint density at radius 3 is 2.70 bits per heavy atom. The normalized spacial score (nSPS) is 17.7. The van der Waals surface area contributed by atoms with E-state index in [1.807, 2.05) is 12.3 Å². The number of nitrogens with two attached hydrogens (primary N) is 1. The maximum atomic E-state index is 6.14. The first-order valence-electron chi connectivity index (χ1n) is 12.0. The van der Waals surface area contributed by atoms with Gasteiger partial charge in [0, 0.05) is 18.2 Å². The minimum Gasteiger partial charge on any atom is -0.341 e. The first-order chi connectivity index (χ1) is 16.2. The van der Waals surface area contributed by atoms with E-state index >= 15 is 0 Å². The number of rotatable bonds is 8. The second kappa shape index (κ2) is 9.46. The maximum Gasteiger partial charge on any atom is 0.121 e. The van der Waals surface area contributed by atoms with Crippen LogP contribution in [-0.4, -0.2) is 32.9 Å². The molecule has 3 N–H and O–H groups in total. The van der Waals surface area contributed by atoms with Gasteiger partial charge in [-0.15, -0.1) is 0 Å². The van der Waals surface area contributed by atoms with Gasteiger partial charge < -0.3 is 10.7 Å². The molecule has 0 bridgehead atoms. The summed E-state index contributed by atoms with van der Waals surface area (Å²) in [6, 6.07) is 23.6. The number of aromatic amines is 1. The minimum absolute atomic E-state index is 0.0611. The molecule has 33 heavy (non-hydrogen) atoms. The van der Waals surface area contributed by atoms with Crippen LogP contribution in [0.5, 0.6) is 0 Å². The summed E-state index contributed by atoms with van der Waals surface area (Å²) in [5.74, 6) is 1.00. The molecule has 2 heterocycles. The molecule has 2 atom stereocenters. The summed E-state index contributed by atoms with van der Waals surface area (Å²) in [5.41, 5.74) is 12.1. The van der Waals surface area contributed by atoms with Crippen LogP contribution in [0, 0.1) is 0 Å². The predicted octanol–water partition coefficient (Wildman–Crippen LogP) is 5.14. The Labute approximate surface area is 196 Å². The lowest BCUT2D eigenvalue weighted by atomic mass is 9.78. The molecule has 2 unspecified atom stereocenters. The zero-order valence-corrected chi connectivity index (χ0v) is 19.4. The van der Waals surface area contributed by atoms with Gasteiger partial charge in [0.2, 0.25) is 0 Å². The summed E-state index contributed by atoms with van der Waals surface area (Å²) in [6.45, 7) is 4.65. The van der Waals surface area contributed by atoms with Crippen LogP contribution in [0.25, 0.3) is 11.0 Å². The zero-order valence-electron chi connectivity index (χ0n) is 19.4. The summed E-state index contributed by atoms with van der Waals surface area (Å²) < 4.78 is 0. The Balaban J connectivity index is 1.53. The number of imidazole rings is 1. The molecule has 0 amide bonds. The highest BCUT2D eigenvalue weighted by atomic mass is 15.2. The van der Waals surface area contributed by atoms with Crippen molar-refractivity contribution in [1.82, 2.24) is 19.9 Å². The van der Waals surface area contributed by atoms with Gasteiger partial charge in [-0.3, -0.25) is 9.88 Å². The lowest BCUT2D eigenvalue weighted by molar-refractivity contribution is 0.124. The van der Waals surface area contributed by atoms with E-state index in [4.69, 9.17) is 15.7 Å². The highest BCUT2D eigenvalue weighted by Crippen LogP contribution is 2.37. The lowest BCUT2D eigenvalue weighted by Crippen LogP contribution is -2.43. The Kier molecular flexibility index (Phi) is 6.25. The molecule has 5 rings (SSSR count). The van der Waals surface area contributed by atoms with Crippen molar-refractivity contribution in [2.45, 2.75) is 50.6 Å². The Morgan fingerprint density at radius 2 is 1.88 bits per heavy atom. The number of hydrogen-bond donors (Lipinski definition) is 2. The lowest BCUT2D eigenvalue weighted by Gasteiger charge is -2.41. The number of benzene rings is 2. The van der Waals surface area contributed by atoms with Crippen LogP contribution in [0.3, 0.4) is 0 Å². The fraction of sp³-hybridized carbons (Fsp3) is 0.357. The molecule has 0 saturated carbocycles. The van der Waals surface area contributed by atoms with E-state index < -0.39 is 0 Å². The molecule has 0 radical (unpaired) electrons. The number of nitrogens with zero attached hydrogens (tertiary/aromatic N) is 3. The Bertz CT molecular complexity index is 1170. The monoisotopic (exact) mass is 439 g/mol. The van der Waals surface area contributed by atoms with Crippen molar-refractivity contribution in [2.75, 3.05) is 13.1 Å². The first kappa shape index (κ1) is 21.8. The van der Waals surface area contributed by atoms with Crippen LogP contribution in [0.2, 0.25) is 0 Å². The van der Waals surface area contributed by atoms with Crippen molar-refractivity contribution < 1.29 is 0 Å². The van der Waals surface area contributed by atoms with E-state index in [0.717, 1.165) is 49.2 Å². The summed E-state index contributed by atoms with van der Waals surface area (Å²) in [4.78, 5) is 15.9. The van der Waals surface area contributed by atoms with Crippen LogP contribution in [0.15, 0.2) is 72.9 Å². The largest absolute Gasteiger partial charge is 0.341 e. The van der Waals surface area contributed by atoms with Gasteiger partial charge in [0.05, 0.1) is 29.3 Å². The van der Waals surface area contributed by atoms with E-state index in [2.05, 4.69) is 77.5 Å². The van der Waals surface area contributed by atoms with Crippen LogP contribution >= 0.6 is 0 Å². The Morgan fingerprint density at radius 1 is 1.06 bits per heavy atom. The topological polar surface area (TPSA) is 70.8 Å². The second-order valence-corrected chi connectivity index (χ2v) is 9.53. The van der Waals surface area contributed by atoms with E-state index in [1.54, 1.807) is 0 Å². The van der Waals surface area contributed by atoms with Gasteiger partial charge in [-0.2, -0.15) is 0 Å². The Hall–Kier alpha value is -3.02. The molecule has 5 heteroatoms. The number of nitrogens with one attached hydrogen (secondary N) is 1. The molecular weight excluding hydrogens is 406 g/mol. The van der Waals surface area contributed by atoms with Crippen LogP contribution in [0.4, 0.5) is 0 Å². The standard InChI is InChI=1S/C28H33N5/c1-28(16-17-29,22-11-3-2-4-12-22)20-33(19-26-31-23-13-5-6-14-24(23)32-26)25-15-7-9-21-10-8-18-30-27(21)25/h2-6,8,10-14,18,25H,7,9,15-17,19-20,29H2,1H3,(H,31,32). The van der Waals surface area contributed by atoms with E-state index in [0.29, 0.717) is 6.54 Å². The van der Waals surface area contributed by atoms with Crippen molar-refractivity contribution in [1.29, 1.82) is 0 Å². The smallest absolute Gasteiger partial charge is 0.121 e. The van der Waals surface area contributed by atoms with Gasteiger partial charge in [0.25, 0.3) is 0 Å². The van der Waals surface area contributed by atoms with Gasteiger partial charge >= 0.3 is 0 Å². The van der Waals surface area contributed by atoms with Crippen LogP contribution < -0.4 is 5.73 Å². The second-order valence-electron chi connectivity index (χ2n) is 9.53. The number of pyridine rings is 1. The number of aromatic nitrogens is 3. The third kappa shape index (κ3) is 4.56. The summed E-state index contributed by atoms with van der Waals surface area (Å²) >= 11 is 0. The fourth-order valence-corrected chi connectivity index (χ4v) is 5.41. The molecular formula is C28H33N5. The molecule has 0 spiro atoms. The highest BCUT2D eigenvalue weighted by Gasteiger charge is 2.34. The summed E-state index contributed by atoms with van der Waals surface area (Å²) in [6.07, 6.45) is 6.26. The zero-order chi connectivity index (χ0) is 22.7. The quantitative estimate of drug-likeness (QED) is 0.399. The molecule has 1 aliphatic rings. The molecule has 2 aromatic heterocycles. The average Bonchev–Trinajstić information content (AvgIpc) is 3.26. The SMILES string of the molecule is CC(CCN)(CN(Cc1nc2ccccc2[nH]1)C1CCCc2cccnc21)c1ccccc1. The molecule has 170 valence electrons. The fourth-order valence-electron chi connectivity index (χ4n) is 5.41. The molecule has 4 aromatic rings. The number of H-pyrrole nitrogens is 1. The van der Waals surface area contributed by atoms with E-state index in [-0.39, 0.29) is 11.5 Å². The first-order valence-corrected chi connectivity index (χ1v) is 12.0. The van der Waals surface area contributed by atoms with E-state index in [9.17, 15) is 0 Å². The minimum atomic E-state index is -0.0611. The number of fused-ring (bicyclic) bond motifs is 2. The predicted molar refractivity (Wildman–Crippen MR) is 134 cm³/mol. The van der Waals surface area contributed by atoms with Gasteiger partial charge in [-0.05, 0) is 61.6 Å². The van der Waals surface area contributed by atoms with E-state index in [1.165, 1.54) is 23.2 Å². The molecule has 2 aromatic carbocycles. The van der Waals surface area contributed by atoms with Crippen molar-refractivity contribution in [2.24, 2.45) is 5.73 Å². The van der Waals surface area contributed by atoms with Gasteiger partial charge in [0.15, 0.2) is 0 Å². The van der Waals surface area contributed by atoms with Crippen molar-refractivity contribution in [3.63, 3.8) is 0 Å². The van der Waals surface area contributed by atoms with Gasteiger partial charge in [0.1, 0.15) is 5.82 Å². The van der Waals surface area contributed by atoms with Gasteiger partial charge in [-0.25, -0.2) is 4.98 Å². The van der Waals surface area contributed by atoms with Crippen LogP contribution in [0.1, 0.15) is 54.9 Å². The molecule has 0 fully saturated rings. The third-order valence-corrected chi connectivity index (χ3v) is 7.12. The van der Waals surface area contributed by atoms with Crippen molar-refractivity contribution in [3.8, 4) is 0 Å².